The average Bonchev–Trinajstić information content (AvgIpc) is 3.41. The van der Waals surface area contributed by atoms with Gasteiger partial charge in [0.2, 0.25) is 0 Å². The summed E-state index contributed by atoms with van der Waals surface area (Å²) in [7, 11) is 2.93. The second kappa shape index (κ2) is 9.20. The number of methoxy groups -OCH3 is 1. The van der Waals surface area contributed by atoms with E-state index in [1.165, 1.54) is 12.0 Å². The highest BCUT2D eigenvalue weighted by Gasteiger charge is 2.29. The van der Waals surface area contributed by atoms with Crippen molar-refractivity contribution < 1.29 is 28.3 Å². The largest absolute Gasteiger partial charge is 0.480 e. The Labute approximate surface area is 191 Å². The number of fused-ring (bicyclic) bond motifs is 1. The third kappa shape index (κ3) is 4.74. The number of nitrogens with zero attached hydrogens (tertiary/aromatic N) is 1. The van der Waals surface area contributed by atoms with Crippen molar-refractivity contribution in [1.29, 1.82) is 0 Å². The van der Waals surface area contributed by atoms with Gasteiger partial charge in [-0.2, -0.15) is 0 Å². The SMILES string of the molecule is COC(=O)c1cc(CN(C)C(=O)c2cccc(NC(=O)[C@@H]3Cc4ccccc4O3)c2)oc1C. The highest BCUT2D eigenvalue weighted by molar-refractivity contribution is 5.98. The number of hydrogen-bond donors (Lipinski definition) is 1. The van der Waals surface area contributed by atoms with E-state index >= 15 is 0 Å². The second-order valence-corrected chi connectivity index (χ2v) is 7.82. The van der Waals surface area contributed by atoms with Crippen LogP contribution in [0.15, 0.2) is 59.0 Å². The molecule has 4 rings (SSSR count). The van der Waals surface area contributed by atoms with Crippen LogP contribution in [0.5, 0.6) is 5.75 Å². The standard InChI is InChI=1S/C25H24N2O6/c1-15-20(25(30)31-3)13-19(32-15)14-27(2)24(29)17-8-6-9-18(11-17)26-23(28)22-12-16-7-4-5-10-21(16)33-22/h4-11,13,22H,12,14H2,1-3H3,(H,26,28)/t22-/m0/s1. The van der Waals surface area contributed by atoms with Crippen LogP contribution in [0.4, 0.5) is 5.69 Å². The number of ether oxygens (including phenoxy) is 2. The van der Waals surface area contributed by atoms with Crippen molar-refractivity contribution >= 4 is 23.5 Å². The summed E-state index contributed by atoms with van der Waals surface area (Å²) in [5.74, 6) is 0.584. The van der Waals surface area contributed by atoms with Crippen molar-refractivity contribution in [3.8, 4) is 5.75 Å². The summed E-state index contributed by atoms with van der Waals surface area (Å²) < 4.78 is 16.0. The molecule has 1 N–H and O–H groups in total. The zero-order chi connectivity index (χ0) is 23.5. The highest BCUT2D eigenvalue weighted by Crippen LogP contribution is 2.28. The number of carbonyl (C=O) groups excluding carboxylic acids is 3. The van der Waals surface area contributed by atoms with Gasteiger partial charge in [0.25, 0.3) is 11.8 Å². The number of furan rings is 1. The molecule has 33 heavy (non-hydrogen) atoms. The summed E-state index contributed by atoms with van der Waals surface area (Å²) in [6.07, 6.45) is -0.116. The molecule has 8 heteroatoms. The Morgan fingerprint density at radius 1 is 1.12 bits per heavy atom. The maximum atomic E-state index is 12.9. The van der Waals surface area contributed by atoms with Crippen molar-refractivity contribution in [2.45, 2.75) is 26.0 Å². The maximum Gasteiger partial charge on any atom is 0.341 e. The molecule has 0 saturated heterocycles. The number of nitrogens with one attached hydrogen (secondary N) is 1. The minimum Gasteiger partial charge on any atom is -0.480 e. The molecule has 0 bridgehead atoms. The van der Waals surface area contributed by atoms with E-state index in [1.54, 1.807) is 44.3 Å². The molecular weight excluding hydrogens is 424 g/mol. The number of hydrogen-bond acceptors (Lipinski definition) is 6. The van der Waals surface area contributed by atoms with Crippen molar-refractivity contribution in [1.82, 2.24) is 4.90 Å². The fraction of sp³-hybridized carbons (Fsp3) is 0.240. The van der Waals surface area contributed by atoms with E-state index in [-0.39, 0.29) is 18.4 Å². The molecule has 1 aliphatic heterocycles. The van der Waals surface area contributed by atoms with E-state index in [9.17, 15) is 14.4 Å². The van der Waals surface area contributed by atoms with Crippen molar-refractivity contribution in [3.05, 3.63) is 82.8 Å². The fourth-order valence-corrected chi connectivity index (χ4v) is 3.74. The number of benzene rings is 2. The quantitative estimate of drug-likeness (QED) is 0.579. The Balaban J connectivity index is 1.40. The summed E-state index contributed by atoms with van der Waals surface area (Å²) in [6.45, 7) is 1.83. The summed E-state index contributed by atoms with van der Waals surface area (Å²) >= 11 is 0. The third-order valence-corrected chi connectivity index (χ3v) is 5.43. The predicted molar refractivity (Wildman–Crippen MR) is 120 cm³/mol. The molecule has 0 radical (unpaired) electrons. The minimum atomic E-state index is -0.615. The van der Waals surface area contributed by atoms with Gasteiger partial charge >= 0.3 is 5.97 Å². The van der Waals surface area contributed by atoms with Crippen LogP contribution in [0, 0.1) is 6.92 Å². The lowest BCUT2D eigenvalue weighted by molar-refractivity contribution is -0.122. The molecule has 1 aromatic heterocycles. The summed E-state index contributed by atoms with van der Waals surface area (Å²) in [5, 5.41) is 2.83. The van der Waals surface area contributed by atoms with Crippen LogP contribution in [0.25, 0.3) is 0 Å². The molecule has 0 aliphatic carbocycles. The van der Waals surface area contributed by atoms with Crippen molar-refractivity contribution in [3.63, 3.8) is 0 Å². The van der Waals surface area contributed by atoms with Crippen LogP contribution in [-0.2, 0) is 22.5 Å². The number of aryl methyl sites for hydroxylation is 1. The summed E-state index contributed by atoms with van der Waals surface area (Å²) in [5.41, 5.74) is 2.23. The zero-order valence-corrected chi connectivity index (χ0v) is 18.6. The van der Waals surface area contributed by atoms with Crippen LogP contribution < -0.4 is 10.1 Å². The molecule has 0 unspecified atom stereocenters. The number of amides is 2. The molecule has 2 amide bonds. The smallest absolute Gasteiger partial charge is 0.341 e. The number of esters is 1. The Kier molecular flexibility index (Phi) is 6.17. The van der Waals surface area contributed by atoms with Gasteiger partial charge < -0.3 is 24.1 Å². The van der Waals surface area contributed by atoms with Gasteiger partial charge in [0.15, 0.2) is 6.10 Å². The molecule has 8 nitrogen and oxygen atoms in total. The zero-order valence-electron chi connectivity index (χ0n) is 18.6. The van der Waals surface area contributed by atoms with Gasteiger partial charge in [0.05, 0.1) is 13.7 Å². The van der Waals surface area contributed by atoms with Gasteiger partial charge in [-0.3, -0.25) is 9.59 Å². The van der Waals surface area contributed by atoms with E-state index in [1.807, 2.05) is 24.3 Å². The van der Waals surface area contributed by atoms with Crippen molar-refractivity contribution in [2.24, 2.45) is 0 Å². The molecule has 0 spiro atoms. The summed E-state index contributed by atoms with van der Waals surface area (Å²) in [4.78, 5) is 38.8. The lowest BCUT2D eigenvalue weighted by atomic mass is 10.1. The van der Waals surface area contributed by atoms with Crippen LogP contribution in [0.1, 0.15) is 37.8 Å². The maximum absolute atomic E-state index is 12.9. The van der Waals surface area contributed by atoms with E-state index in [4.69, 9.17) is 13.9 Å². The van der Waals surface area contributed by atoms with E-state index < -0.39 is 12.1 Å². The number of para-hydroxylation sites is 1. The van der Waals surface area contributed by atoms with Crippen LogP contribution in [-0.4, -0.2) is 42.9 Å². The van der Waals surface area contributed by atoms with E-state index in [2.05, 4.69) is 5.32 Å². The third-order valence-electron chi connectivity index (χ3n) is 5.43. The lowest BCUT2D eigenvalue weighted by Gasteiger charge is -2.17. The number of anilines is 1. The monoisotopic (exact) mass is 448 g/mol. The van der Waals surface area contributed by atoms with Gasteiger partial charge in [-0.1, -0.05) is 24.3 Å². The Morgan fingerprint density at radius 3 is 2.67 bits per heavy atom. The van der Waals surface area contributed by atoms with Crippen LogP contribution in [0.3, 0.4) is 0 Å². The average molecular weight is 448 g/mol. The number of rotatable bonds is 6. The van der Waals surface area contributed by atoms with Crippen LogP contribution >= 0.6 is 0 Å². The molecule has 0 fully saturated rings. The van der Waals surface area contributed by atoms with Gasteiger partial charge in [0, 0.05) is 24.7 Å². The molecule has 1 aliphatic rings. The molecule has 3 aromatic rings. The Morgan fingerprint density at radius 2 is 1.91 bits per heavy atom. The predicted octanol–water partition coefficient (Wildman–Crippen LogP) is 3.59. The van der Waals surface area contributed by atoms with Gasteiger partial charge in [-0.25, -0.2) is 4.79 Å². The first-order valence-electron chi connectivity index (χ1n) is 10.4. The fourth-order valence-electron chi connectivity index (χ4n) is 3.74. The normalized spacial score (nSPS) is 14.2. The molecule has 2 aromatic carbocycles. The summed E-state index contributed by atoms with van der Waals surface area (Å²) in [6, 6.07) is 15.8. The molecule has 1 atom stereocenters. The van der Waals surface area contributed by atoms with E-state index in [0.717, 1.165) is 5.56 Å². The van der Waals surface area contributed by atoms with Gasteiger partial charge in [0.1, 0.15) is 22.8 Å². The first kappa shape index (κ1) is 22.1. The number of carbonyl (C=O) groups is 3. The second-order valence-electron chi connectivity index (χ2n) is 7.82. The highest BCUT2D eigenvalue weighted by atomic mass is 16.5. The van der Waals surface area contributed by atoms with Crippen LogP contribution in [0.2, 0.25) is 0 Å². The first-order valence-corrected chi connectivity index (χ1v) is 10.4. The topological polar surface area (TPSA) is 98.1 Å². The molecular formula is C25H24N2O6. The molecule has 170 valence electrons. The lowest BCUT2D eigenvalue weighted by Crippen LogP contribution is -2.31. The molecule has 0 saturated carbocycles. The van der Waals surface area contributed by atoms with E-state index in [0.29, 0.717) is 40.5 Å². The Hall–Kier alpha value is -4.07. The molecule has 2 heterocycles. The van der Waals surface area contributed by atoms with Crippen molar-refractivity contribution in [2.75, 3.05) is 19.5 Å². The van der Waals surface area contributed by atoms with Gasteiger partial charge in [-0.15, -0.1) is 0 Å². The first-order chi connectivity index (χ1) is 15.9. The minimum absolute atomic E-state index is 0.168. The Bertz CT molecular complexity index is 1190. The van der Waals surface area contributed by atoms with Gasteiger partial charge in [-0.05, 0) is 42.8 Å².